The molecule has 0 unspecified atom stereocenters. The first-order valence-corrected chi connectivity index (χ1v) is 6.78. The summed E-state index contributed by atoms with van der Waals surface area (Å²) in [4.78, 5) is 0. The molecule has 0 spiro atoms. The number of ether oxygens (including phenoxy) is 1. The van der Waals surface area contributed by atoms with Crippen LogP contribution in [0.15, 0.2) is 54.6 Å². The van der Waals surface area contributed by atoms with Crippen molar-refractivity contribution in [2.75, 3.05) is 13.2 Å². The van der Waals surface area contributed by atoms with Crippen molar-refractivity contribution in [3.8, 4) is 18.1 Å². The van der Waals surface area contributed by atoms with Crippen molar-refractivity contribution >= 4 is 12.4 Å². The number of hydrogen-bond donors (Lipinski definition) is 1. The van der Waals surface area contributed by atoms with Crippen LogP contribution in [-0.2, 0) is 13.0 Å². The Morgan fingerprint density at radius 1 is 0.952 bits per heavy atom. The van der Waals surface area contributed by atoms with Crippen LogP contribution in [0.4, 0.5) is 0 Å². The standard InChI is InChI=1S/C18H19NO.ClH/c1-2-14-20-18-10-8-17(9-11-18)15-19-13-12-16-6-4-3-5-7-16;/h1,3-11,19H,12-15H2;1H. The molecule has 1 N–H and O–H groups in total. The largest absolute Gasteiger partial charge is 0.481 e. The highest BCUT2D eigenvalue weighted by Crippen LogP contribution is 2.11. The van der Waals surface area contributed by atoms with Gasteiger partial charge in [0.15, 0.2) is 0 Å². The van der Waals surface area contributed by atoms with Crippen molar-refractivity contribution in [3.05, 3.63) is 65.7 Å². The molecule has 0 saturated carbocycles. The van der Waals surface area contributed by atoms with Crippen LogP contribution in [0.3, 0.4) is 0 Å². The minimum atomic E-state index is 0. The van der Waals surface area contributed by atoms with Gasteiger partial charge in [-0.1, -0.05) is 48.4 Å². The summed E-state index contributed by atoms with van der Waals surface area (Å²) in [5, 5.41) is 3.44. The van der Waals surface area contributed by atoms with Crippen molar-refractivity contribution in [2.24, 2.45) is 0 Å². The molecule has 2 aromatic carbocycles. The van der Waals surface area contributed by atoms with Gasteiger partial charge in [0, 0.05) is 6.54 Å². The SMILES string of the molecule is C#CCOc1ccc(CNCCc2ccccc2)cc1.Cl. The molecular weight excluding hydrogens is 282 g/mol. The zero-order chi connectivity index (χ0) is 14.0. The Hall–Kier alpha value is -1.95. The molecule has 0 aliphatic carbocycles. The summed E-state index contributed by atoms with van der Waals surface area (Å²) in [6, 6.07) is 18.5. The van der Waals surface area contributed by atoms with E-state index in [1.807, 2.05) is 18.2 Å². The van der Waals surface area contributed by atoms with Crippen LogP contribution in [-0.4, -0.2) is 13.2 Å². The average Bonchev–Trinajstić information content (AvgIpc) is 2.52. The molecule has 0 atom stereocenters. The topological polar surface area (TPSA) is 21.3 Å². The summed E-state index contributed by atoms with van der Waals surface area (Å²) in [5.41, 5.74) is 2.60. The highest BCUT2D eigenvalue weighted by atomic mass is 35.5. The Morgan fingerprint density at radius 3 is 2.33 bits per heavy atom. The van der Waals surface area contributed by atoms with Gasteiger partial charge in [-0.25, -0.2) is 0 Å². The Kier molecular flexibility index (Phi) is 8.04. The fraction of sp³-hybridized carbons (Fsp3) is 0.222. The Labute approximate surface area is 132 Å². The lowest BCUT2D eigenvalue weighted by atomic mass is 10.1. The van der Waals surface area contributed by atoms with Gasteiger partial charge >= 0.3 is 0 Å². The van der Waals surface area contributed by atoms with E-state index in [0.717, 1.165) is 25.3 Å². The van der Waals surface area contributed by atoms with Crippen LogP contribution in [0, 0.1) is 12.3 Å². The van der Waals surface area contributed by atoms with Crippen molar-refractivity contribution < 1.29 is 4.74 Å². The van der Waals surface area contributed by atoms with E-state index < -0.39 is 0 Å². The normalized spacial score (nSPS) is 9.48. The van der Waals surface area contributed by atoms with Gasteiger partial charge in [-0.05, 0) is 36.2 Å². The first kappa shape index (κ1) is 17.1. The maximum Gasteiger partial charge on any atom is 0.148 e. The van der Waals surface area contributed by atoms with Crippen molar-refractivity contribution in [1.29, 1.82) is 0 Å². The zero-order valence-electron chi connectivity index (χ0n) is 11.9. The first-order chi connectivity index (χ1) is 9.88. The summed E-state index contributed by atoms with van der Waals surface area (Å²) in [7, 11) is 0. The number of hydrogen-bond acceptors (Lipinski definition) is 2. The lowest BCUT2D eigenvalue weighted by Gasteiger charge is -2.07. The van der Waals surface area contributed by atoms with E-state index in [4.69, 9.17) is 11.2 Å². The molecule has 3 heteroatoms. The summed E-state index contributed by atoms with van der Waals surface area (Å²) in [6.45, 7) is 2.15. The fourth-order valence-corrected chi connectivity index (χ4v) is 1.94. The fourth-order valence-electron chi connectivity index (χ4n) is 1.94. The Bertz CT molecular complexity index is 546. The van der Waals surface area contributed by atoms with Gasteiger partial charge in [-0.3, -0.25) is 0 Å². The molecule has 2 aromatic rings. The molecule has 2 rings (SSSR count). The maximum atomic E-state index is 5.34. The van der Waals surface area contributed by atoms with Crippen LogP contribution in [0.5, 0.6) is 5.75 Å². The molecular formula is C18H20ClNO. The molecule has 0 heterocycles. The van der Waals surface area contributed by atoms with Gasteiger partial charge in [-0.2, -0.15) is 0 Å². The average molecular weight is 302 g/mol. The highest BCUT2D eigenvalue weighted by Gasteiger charge is 1.96. The minimum Gasteiger partial charge on any atom is -0.481 e. The van der Waals surface area contributed by atoms with Crippen LogP contribution >= 0.6 is 12.4 Å². The molecule has 0 fully saturated rings. The minimum absolute atomic E-state index is 0. The molecule has 21 heavy (non-hydrogen) atoms. The van der Waals surface area contributed by atoms with E-state index in [1.54, 1.807) is 0 Å². The van der Waals surface area contributed by atoms with Crippen molar-refractivity contribution in [1.82, 2.24) is 5.32 Å². The number of terminal acetylenes is 1. The predicted molar refractivity (Wildman–Crippen MR) is 89.9 cm³/mol. The second kappa shape index (κ2) is 9.88. The summed E-state index contributed by atoms with van der Waals surface area (Å²) < 4.78 is 5.34. The molecule has 0 radical (unpaired) electrons. The highest BCUT2D eigenvalue weighted by molar-refractivity contribution is 5.85. The molecule has 2 nitrogen and oxygen atoms in total. The third-order valence-electron chi connectivity index (χ3n) is 3.01. The second-order valence-electron chi connectivity index (χ2n) is 4.55. The second-order valence-corrected chi connectivity index (χ2v) is 4.55. The van der Waals surface area contributed by atoms with E-state index in [1.165, 1.54) is 11.1 Å². The quantitative estimate of drug-likeness (QED) is 0.625. The van der Waals surface area contributed by atoms with E-state index in [-0.39, 0.29) is 12.4 Å². The third kappa shape index (κ3) is 6.35. The molecule has 110 valence electrons. The van der Waals surface area contributed by atoms with Crippen LogP contribution in [0.25, 0.3) is 0 Å². The number of benzene rings is 2. The summed E-state index contributed by atoms with van der Waals surface area (Å²) in [6.07, 6.45) is 6.20. The lowest BCUT2D eigenvalue weighted by Crippen LogP contribution is -2.16. The van der Waals surface area contributed by atoms with Crippen molar-refractivity contribution in [3.63, 3.8) is 0 Å². The van der Waals surface area contributed by atoms with Gasteiger partial charge in [-0.15, -0.1) is 18.8 Å². The van der Waals surface area contributed by atoms with Gasteiger partial charge in [0.2, 0.25) is 0 Å². The van der Waals surface area contributed by atoms with Gasteiger partial charge in [0.25, 0.3) is 0 Å². The molecule has 0 aromatic heterocycles. The van der Waals surface area contributed by atoms with Crippen LogP contribution in [0.2, 0.25) is 0 Å². The van der Waals surface area contributed by atoms with Gasteiger partial charge in [0.1, 0.15) is 12.4 Å². The smallest absolute Gasteiger partial charge is 0.148 e. The van der Waals surface area contributed by atoms with E-state index >= 15 is 0 Å². The molecule has 0 aliphatic rings. The number of halogens is 1. The Balaban J connectivity index is 0.00000220. The summed E-state index contributed by atoms with van der Waals surface area (Å²) in [5.74, 6) is 3.27. The third-order valence-corrected chi connectivity index (χ3v) is 3.01. The molecule has 0 bridgehead atoms. The lowest BCUT2D eigenvalue weighted by molar-refractivity contribution is 0.370. The first-order valence-electron chi connectivity index (χ1n) is 6.78. The van der Waals surface area contributed by atoms with E-state index in [9.17, 15) is 0 Å². The number of nitrogens with one attached hydrogen (secondary N) is 1. The van der Waals surface area contributed by atoms with Gasteiger partial charge in [0.05, 0.1) is 0 Å². The summed E-state index contributed by atoms with van der Waals surface area (Å²) >= 11 is 0. The maximum absolute atomic E-state index is 5.34. The van der Waals surface area contributed by atoms with E-state index in [2.05, 4.69) is 47.6 Å². The van der Waals surface area contributed by atoms with Crippen LogP contribution in [0.1, 0.15) is 11.1 Å². The number of rotatable bonds is 7. The van der Waals surface area contributed by atoms with Crippen LogP contribution < -0.4 is 10.1 Å². The monoisotopic (exact) mass is 301 g/mol. The van der Waals surface area contributed by atoms with E-state index in [0.29, 0.717) is 6.61 Å². The van der Waals surface area contributed by atoms with Gasteiger partial charge < -0.3 is 10.1 Å². The zero-order valence-corrected chi connectivity index (χ0v) is 12.7. The Morgan fingerprint density at radius 2 is 1.67 bits per heavy atom. The predicted octanol–water partition coefficient (Wildman–Crippen LogP) is 3.45. The molecule has 0 amide bonds. The van der Waals surface area contributed by atoms with Crippen molar-refractivity contribution in [2.45, 2.75) is 13.0 Å². The molecule has 0 saturated heterocycles. The molecule has 0 aliphatic heterocycles.